The number of benzene rings is 1. The van der Waals surface area contributed by atoms with Gasteiger partial charge in [0.15, 0.2) is 0 Å². The number of hydrogen-bond donors (Lipinski definition) is 1. The smallest absolute Gasteiger partial charge is 0.123 e. The molecule has 0 aliphatic carbocycles. The molecule has 0 radical (unpaired) electrons. The number of halogens is 2. The SMILES string of the molecule is CCNC(CCc1cc(F)ccc1Cl)COC. The number of methoxy groups -OCH3 is 1. The van der Waals surface area contributed by atoms with Crippen molar-refractivity contribution >= 4 is 11.6 Å². The van der Waals surface area contributed by atoms with Gasteiger partial charge < -0.3 is 10.1 Å². The average molecular weight is 260 g/mol. The number of aryl methyl sites for hydroxylation is 1. The van der Waals surface area contributed by atoms with Crippen LogP contribution >= 0.6 is 11.6 Å². The molecule has 1 aromatic rings. The number of nitrogens with one attached hydrogen (secondary N) is 1. The summed E-state index contributed by atoms with van der Waals surface area (Å²) in [6.07, 6.45) is 1.63. The monoisotopic (exact) mass is 259 g/mol. The maximum Gasteiger partial charge on any atom is 0.123 e. The molecule has 0 aliphatic heterocycles. The van der Waals surface area contributed by atoms with E-state index in [0.29, 0.717) is 11.6 Å². The third kappa shape index (κ3) is 5.02. The molecular weight excluding hydrogens is 241 g/mol. The molecule has 1 unspecified atom stereocenters. The molecular formula is C13H19ClFNO. The van der Waals surface area contributed by atoms with Crippen molar-refractivity contribution in [3.05, 3.63) is 34.6 Å². The molecule has 0 aromatic heterocycles. The van der Waals surface area contributed by atoms with Crippen LogP contribution in [0.4, 0.5) is 4.39 Å². The summed E-state index contributed by atoms with van der Waals surface area (Å²) in [5, 5.41) is 3.95. The fraction of sp³-hybridized carbons (Fsp3) is 0.538. The molecule has 1 rings (SSSR count). The van der Waals surface area contributed by atoms with Gasteiger partial charge in [-0.05, 0) is 43.1 Å². The summed E-state index contributed by atoms with van der Waals surface area (Å²) in [5.74, 6) is -0.240. The fourth-order valence-corrected chi connectivity index (χ4v) is 2.01. The van der Waals surface area contributed by atoms with Crippen molar-refractivity contribution in [1.29, 1.82) is 0 Å². The molecule has 1 atom stereocenters. The fourth-order valence-electron chi connectivity index (χ4n) is 1.80. The van der Waals surface area contributed by atoms with Crippen molar-refractivity contribution in [2.75, 3.05) is 20.3 Å². The Morgan fingerprint density at radius 3 is 2.88 bits per heavy atom. The Balaban J connectivity index is 2.55. The van der Waals surface area contributed by atoms with Gasteiger partial charge in [0.2, 0.25) is 0 Å². The lowest BCUT2D eigenvalue weighted by Crippen LogP contribution is -2.33. The number of ether oxygens (including phenoxy) is 1. The predicted octanol–water partition coefficient (Wildman–Crippen LogP) is 3.04. The first-order chi connectivity index (χ1) is 8.17. The Kier molecular flexibility index (Phi) is 6.48. The second-order valence-electron chi connectivity index (χ2n) is 3.98. The lowest BCUT2D eigenvalue weighted by molar-refractivity contribution is 0.163. The van der Waals surface area contributed by atoms with Crippen molar-refractivity contribution in [3.63, 3.8) is 0 Å². The number of hydrogen-bond acceptors (Lipinski definition) is 2. The molecule has 0 saturated heterocycles. The molecule has 1 N–H and O–H groups in total. The normalized spacial score (nSPS) is 12.7. The quantitative estimate of drug-likeness (QED) is 0.813. The summed E-state index contributed by atoms with van der Waals surface area (Å²) in [5.41, 5.74) is 0.852. The second kappa shape index (κ2) is 7.64. The van der Waals surface area contributed by atoms with E-state index < -0.39 is 0 Å². The summed E-state index contributed by atoms with van der Waals surface area (Å²) in [6.45, 7) is 3.60. The summed E-state index contributed by atoms with van der Waals surface area (Å²) >= 11 is 6.02. The molecule has 1 aromatic carbocycles. The Bertz CT molecular complexity index is 340. The van der Waals surface area contributed by atoms with E-state index in [-0.39, 0.29) is 11.9 Å². The van der Waals surface area contributed by atoms with E-state index in [2.05, 4.69) is 12.2 Å². The van der Waals surface area contributed by atoms with E-state index in [4.69, 9.17) is 16.3 Å². The van der Waals surface area contributed by atoms with Gasteiger partial charge in [-0.25, -0.2) is 4.39 Å². The molecule has 0 bridgehead atoms. The molecule has 0 heterocycles. The van der Waals surface area contributed by atoms with Gasteiger partial charge in [-0.15, -0.1) is 0 Å². The highest BCUT2D eigenvalue weighted by atomic mass is 35.5. The van der Waals surface area contributed by atoms with Crippen LogP contribution in [-0.2, 0) is 11.2 Å². The van der Waals surface area contributed by atoms with Gasteiger partial charge in [0.05, 0.1) is 6.61 Å². The number of rotatable bonds is 7. The maximum atomic E-state index is 13.1. The van der Waals surface area contributed by atoms with Crippen LogP contribution in [0.25, 0.3) is 0 Å². The van der Waals surface area contributed by atoms with Crippen molar-refractivity contribution in [2.24, 2.45) is 0 Å². The summed E-state index contributed by atoms with van der Waals surface area (Å²) in [6, 6.07) is 4.76. The topological polar surface area (TPSA) is 21.3 Å². The molecule has 0 saturated carbocycles. The van der Waals surface area contributed by atoms with Crippen molar-refractivity contribution in [1.82, 2.24) is 5.32 Å². The van der Waals surface area contributed by atoms with Crippen molar-refractivity contribution in [3.8, 4) is 0 Å². The lowest BCUT2D eigenvalue weighted by Gasteiger charge is -2.17. The minimum atomic E-state index is -0.240. The largest absolute Gasteiger partial charge is 0.383 e. The number of likely N-dealkylation sites (N-methyl/N-ethyl adjacent to an activating group) is 1. The Hall–Kier alpha value is -0.640. The minimum Gasteiger partial charge on any atom is -0.383 e. The van der Waals surface area contributed by atoms with Crippen LogP contribution in [0.5, 0.6) is 0 Å². The van der Waals surface area contributed by atoms with Crippen LogP contribution in [0.3, 0.4) is 0 Å². The standard InChI is InChI=1S/C13H19ClFNO/c1-3-16-12(9-17-2)6-4-10-8-11(15)5-7-13(10)14/h5,7-8,12,16H,3-4,6,9H2,1-2H3. The van der Waals surface area contributed by atoms with E-state index in [9.17, 15) is 4.39 Å². The van der Waals surface area contributed by atoms with Gasteiger partial charge in [-0.2, -0.15) is 0 Å². The summed E-state index contributed by atoms with van der Waals surface area (Å²) in [7, 11) is 1.68. The first kappa shape index (κ1) is 14.4. The highest BCUT2D eigenvalue weighted by Crippen LogP contribution is 2.19. The Morgan fingerprint density at radius 2 is 2.24 bits per heavy atom. The van der Waals surface area contributed by atoms with Gasteiger partial charge in [0, 0.05) is 18.2 Å². The van der Waals surface area contributed by atoms with Crippen LogP contribution in [0.1, 0.15) is 18.9 Å². The Morgan fingerprint density at radius 1 is 1.47 bits per heavy atom. The average Bonchev–Trinajstić information content (AvgIpc) is 2.30. The van der Waals surface area contributed by atoms with Crippen LogP contribution in [0, 0.1) is 5.82 Å². The first-order valence-corrected chi connectivity index (χ1v) is 6.21. The van der Waals surface area contributed by atoms with Crippen LogP contribution in [0.2, 0.25) is 5.02 Å². The highest BCUT2D eigenvalue weighted by Gasteiger charge is 2.09. The zero-order valence-electron chi connectivity index (χ0n) is 10.3. The van der Waals surface area contributed by atoms with E-state index >= 15 is 0 Å². The molecule has 0 aliphatic rings. The van der Waals surface area contributed by atoms with Crippen LogP contribution in [0.15, 0.2) is 18.2 Å². The van der Waals surface area contributed by atoms with Crippen LogP contribution < -0.4 is 5.32 Å². The molecule has 0 fully saturated rings. The van der Waals surface area contributed by atoms with Crippen molar-refractivity contribution < 1.29 is 9.13 Å². The van der Waals surface area contributed by atoms with Gasteiger partial charge in [-0.3, -0.25) is 0 Å². The molecule has 17 heavy (non-hydrogen) atoms. The molecule has 0 amide bonds. The molecule has 96 valence electrons. The first-order valence-electron chi connectivity index (χ1n) is 5.83. The minimum absolute atomic E-state index is 0.240. The van der Waals surface area contributed by atoms with Crippen LogP contribution in [-0.4, -0.2) is 26.3 Å². The summed E-state index contributed by atoms with van der Waals surface area (Å²) < 4.78 is 18.2. The second-order valence-corrected chi connectivity index (χ2v) is 4.39. The van der Waals surface area contributed by atoms with Gasteiger partial charge in [0.25, 0.3) is 0 Å². The zero-order chi connectivity index (χ0) is 12.7. The van der Waals surface area contributed by atoms with E-state index in [1.165, 1.54) is 12.1 Å². The maximum absolute atomic E-state index is 13.1. The molecule has 4 heteroatoms. The third-order valence-corrected chi connectivity index (χ3v) is 3.00. The van der Waals surface area contributed by atoms with Crippen molar-refractivity contribution in [2.45, 2.75) is 25.8 Å². The highest BCUT2D eigenvalue weighted by molar-refractivity contribution is 6.31. The molecule has 2 nitrogen and oxygen atoms in total. The Labute approximate surface area is 107 Å². The predicted molar refractivity (Wildman–Crippen MR) is 69.1 cm³/mol. The third-order valence-electron chi connectivity index (χ3n) is 2.63. The van der Waals surface area contributed by atoms with E-state index in [0.717, 1.165) is 24.9 Å². The van der Waals surface area contributed by atoms with Gasteiger partial charge >= 0.3 is 0 Å². The van der Waals surface area contributed by atoms with E-state index in [1.807, 2.05) is 0 Å². The lowest BCUT2D eigenvalue weighted by atomic mass is 10.1. The molecule has 0 spiro atoms. The van der Waals surface area contributed by atoms with Gasteiger partial charge in [-0.1, -0.05) is 18.5 Å². The zero-order valence-corrected chi connectivity index (χ0v) is 11.1. The summed E-state index contributed by atoms with van der Waals surface area (Å²) in [4.78, 5) is 0. The van der Waals surface area contributed by atoms with E-state index in [1.54, 1.807) is 13.2 Å². The van der Waals surface area contributed by atoms with Gasteiger partial charge in [0.1, 0.15) is 5.82 Å².